The van der Waals surface area contributed by atoms with Gasteiger partial charge in [0.1, 0.15) is 11.6 Å². The third kappa shape index (κ3) is 5.54. The Balaban J connectivity index is 1.96. The van der Waals surface area contributed by atoms with Gasteiger partial charge in [-0.3, -0.25) is 9.59 Å². The molecule has 0 atom stereocenters. The summed E-state index contributed by atoms with van der Waals surface area (Å²) in [6.07, 6.45) is 1.30. The quantitative estimate of drug-likeness (QED) is 0.395. The van der Waals surface area contributed by atoms with Gasteiger partial charge >= 0.3 is 5.97 Å². The summed E-state index contributed by atoms with van der Waals surface area (Å²) in [7, 11) is 0. The standard InChI is InChI=1S/C20H17N3O4/c1-13(24)15-6-8-18(9-7-15)23-19(25)17(10-21)12-22-11-14-2-4-16(5-3-14)20(26)27/h2-9,12,22H,11H2,1H3,(H,23,25)(H,26,27)/b17-12-. The third-order valence-corrected chi connectivity index (χ3v) is 3.67. The van der Waals surface area contributed by atoms with Gasteiger partial charge in [0.2, 0.25) is 0 Å². The van der Waals surface area contributed by atoms with Crippen LogP contribution in [0.2, 0.25) is 0 Å². The molecule has 7 nitrogen and oxygen atoms in total. The van der Waals surface area contributed by atoms with Gasteiger partial charge in [0, 0.05) is 24.0 Å². The van der Waals surface area contributed by atoms with Gasteiger partial charge in [0.15, 0.2) is 5.78 Å². The molecule has 0 unspecified atom stereocenters. The Hall–Kier alpha value is -3.92. The SMILES string of the molecule is CC(=O)c1ccc(NC(=O)/C(C#N)=C\NCc2ccc(C(=O)O)cc2)cc1. The third-order valence-electron chi connectivity index (χ3n) is 3.67. The second kappa shape index (κ2) is 8.97. The van der Waals surface area contributed by atoms with Crippen molar-refractivity contribution in [3.05, 3.63) is 77.0 Å². The number of aromatic carboxylic acids is 1. The molecule has 3 N–H and O–H groups in total. The van der Waals surface area contributed by atoms with E-state index in [4.69, 9.17) is 10.4 Å². The zero-order valence-electron chi connectivity index (χ0n) is 14.5. The van der Waals surface area contributed by atoms with Crippen LogP contribution in [0.5, 0.6) is 0 Å². The fourth-order valence-electron chi connectivity index (χ4n) is 2.17. The molecule has 0 bridgehead atoms. The maximum Gasteiger partial charge on any atom is 0.335 e. The van der Waals surface area contributed by atoms with Gasteiger partial charge in [-0.15, -0.1) is 0 Å². The number of carboxylic acid groups (broad SMARTS) is 1. The fraction of sp³-hybridized carbons (Fsp3) is 0.100. The maximum absolute atomic E-state index is 12.2. The smallest absolute Gasteiger partial charge is 0.335 e. The Bertz CT molecular complexity index is 923. The number of nitrogens with one attached hydrogen (secondary N) is 2. The summed E-state index contributed by atoms with van der Waals surface area (Å²) in [5, 5.41) is 23.5. The van der Waals surface area contributed by atoms with E-state index in [1.54, 1.807) is 36.4 Å². The second-order valence-corrected chi connectivity index (χ2v) is 5.64. The molecule has 2 aromatic rings. The number of nitriles is 1. The molecule has 1 amide bonds. The highest BCUT2D eigenvalue weighted by atomic mass is 16.4. The summed E-state index contributed by atoms with van der Waals surface area (Å²) in [4.78, 5) is 34.2. The van der Waals surface area contributed by atoms with E-state index in [-0.39, 0.29) is 16.9 Å². The second-order valence-electron chi connectivity index (χ2n) is 5.64. The van der Waals surface area contributed by atoms with Crippen molar-refractivity contribution in [3.8, 4) is 6.07 Å². The van der Waals surface area contributed by atoms with E-state index in [1.807, 2.05) is 6.07 Å². The van der Waals surface area contributed by atoms with Crippen LogP contribution in [0.15, 0.2) is 60.3 Å². The monoisotopic (exact) mass is 363 g/mol. The zero-order valence-corrected chi connectivity index (χ0v) is 14.5. The summed E-state index contributed by atoms with van der Waals surface area (Å²) >= 11 is 0. The number of carbonyl (C=O) groups is 3. The summed E-state index contributed by atoms with van der Waals surface area (Å²) in [6, 6.07) is 14.4. The van der Waals surface area contributed by atoms with E-state index in [1.165, 1.54) is 25.3 Å². The van der Waals surface area contributed by atoms with Crippen molar-refractivity contribution >= 4 is 23.3 Å². The van der Waals surface area contributed by atoms with Gasteiger partial charge < -0.3 is 15.7 Å². The van der Waals surface area contributed by atoms with Gasteiger partial charge in [0.05, 0.1) is 5.56 Å². The largest absolute Gasteiger partial charge is 0.478 e. The first kappa shape index (κ1) is 19.4. The van der Waals surface area contributed by atoms with Crippen LogP contribution in [0.3, 0.4) is 0 Å². The number of anilines is 1. The Morgan fingerprint density at radius 1 is 1.04 bits per heavy atom. The molecule has 0 aromatic heterocycles. The molecule has 2 aromatic carbocycles. The van der Waals surface area contributed by atoms with Crippen LogP contribution in [0.4, 0.5) is 5.69 Å². The van der Waals surface area contributed by atoms with Gasteiger partial charge in [-0.05, 0) is 48.9 Å². The van der Waals surface area contributed by atoms with E-state index in [0.29, 0.717) is 17.8 Å². The molecule has 0 aliphatic heterocycles. The van der Waals surface area contributed by atoms with Crippen molar-refractivity contribution in [2.45, 2.75) is 13.5 Å². The highest BCUT2D eigenvalue weighted by molar-refractivity contribution is 6.06. The van der Waals surface area contributed by atoms with Crippen LogP contribution < -0.4 is 10.6 Å². The highest BCUT2D eigenvalue weighted by Crippen LogP contribution is 2.11. The van der Waals surface area contributed by atoms with Gasteiger partial charge in [0.25, 0.3) is 5.91 Å². The first-order chi connectivity index (χ1) is 12.9. The molecular formula is C20H17N3O4. The molecule has 7 heteroatoms. The lowest BCUT2D eigenvalue weighted by Gasteiger charge is -2.06. The number of nitrogens with zero attached hydrogens (tertiary/aromatic N) is 1. The van der Waals surface area contributed by atoms with Crippen LogP contribution in [-0.2, 0) is 11.3 Å². The summed E-state index contributed by atoms with van der Waals surface area (Å²) in [5.74, 6) is -1.66. The number of hydrogen-bond acceptors (Lipinski definition) is 5. The molecule has 0 aliphatic carbocycles. The number of hydrogen-bond donors (Lipinski definition) is 3. The molecule has 0 spiro atoms. The van der Waals surface area contributed by atoms with E-state index in [0.717, 1.165) is 5.56 Å². The van der Waals surface area contributed by atoms with Crippen molar-refractivity contribution in [1.29, 1.82) is 5.26 Å². The topological polar surface area (TPSA) is 119 Å². The minimum Gasteiger partial charge on any atom is -0.478 e. The summed E-state index contributed by atoms with van der Waals surface area (Å²) in [5.41, 5.74) is 1.86. The predicted octanol–water partition coefficient (Wildman–Crippen LogP) is 2.72. The normalized spacial score (nSPS) is 10.6. The molecule has 0 aliphatic rings. The summed E-state index contributed by atoms with van der Waals surface area (Å²) in [6.45, 7) is 1.77. The van der Waals surface area contributed by atoms with Gasteiger partial charge in [-0.25, -0.2) is 4.79 Å². The lowest BCUT2D eigenvalue weighted by molar-refractivity contribution is -0.112. The van der Waals surface area contributed by atoms with E-state index in [2.05, 4.69) is 10.6 Å². The molecular weight excluding hydrogens is 346 g/mol. The molecule has 0 saturated carbocycles. The lowest BCUT2D eigenvalue weighted by Crippen LogP contribution is -2.16. The Morgan fingerprint density at radius 2 is 1.63 bits per heavy atom. The first-order valence-corrected chi connectivity index (χ1v) is 7.99. The predicted molar refractivity (Wildman–Crippen MR) is 99.0 cm³/mol. The van der Waals surface area contributed by atoms with Crippen molar-refractivity contribution in [2.75, 3.05) is 5.32 Å². The summed E-state index contributed by atoms with van der Waals surface area (Å²) < 4.78 is 0. The molecule has 27 heavy (non-hydrogen) atoms. The molecule has 0 saturated heterocycles. The van der Waals surface area contributed by atoms with Crippen molar-refractivity contribution in [1.82, 2.24) is 5.32 Å². The molecule has 136 valence electrons. The van der Waals surface area contributed by atoms with Crippen molar-refractivity contribution in [2.24, 2.45) is 0 Å². The molecule has 2 rings (SSSR count). The lowest BCUT2D eigenvalue weighted by atomic mass is 10.1. The Kier molecular flexibility index (Phi) is 6.44. The Labute approximate surface area is 155 Å². The average molecular weight is 363 g/mol. The van der Waals surface area contributed by atoms with Crippen LogP contribution in [0, 0.1) is 11.3 Å². The number of ketones is 1. The first-order valence-electron chi connectivity index (χ1n) is 7.99. The van der Waals surface area contributed by atoms with E-state index < -0.39 is 11.9 Å². The number of carbonyl (C=O) groups excluding carboxylic acids is 2. The van der Waals surface area contributed by atoms with Crippen LogP contribution in [0.25, 0.3) is 0 Å². The maximum atomic E-state index is 12.2. The fourth-order valence-corrected chi connectivity index (χ4v) is 2.17. The number of carboxylic acids is 1. The number of Topliss-reactive ketones (excluding diaryl/α,β-unsaturated/α-hetero) is 1. The van der Waals surface area contributed by atoms with Crippen molar-refractivity contribution < 1.29 is 19.5 Å². The average Bonchev–Trinajstić information content (AvgIpc) is 2.66. The number of rotatable bonds is 7. The number of benzene rings is 2. The Morgan fingerprint density at radius 3 is 2.15 bits per heavy atom. The van der Waals surface area contributed by atoms with Gasteiger partial charge in [-0.1, -0.05) is 12.1 Å². The molecule has 0 fully saturated rings. The van der Waals surface area contributed by atoms with Crippen molar-refractivity contribution in [3.63, 3.8) is 0 Å². The van der Waals surface area contributed by atoms with Crippen LogP contribution in [0.1, 0.15) is 33.2 Å². The minimum atomic E-state index is -1.01. The van der Waals surface area contributed by atoms with E-state index >= 15 is 0 Å². The minimum absolute atomic E-state index is 0.0777. The van der Waals surface area contributed by atoms with Crippen LogP contribution >= 0.6 is 0 Å². The zero-order chi connectivity index (χ0) is 19.8. The van der Waals surface area contributed by atoms with Crippen LogP contribution in [-0.4, -0.2) is 22.8 Å². The molecule has 0 radical (unpaired) electrons. The van der Waals surface area contributed by atoms with E-state index in [9.17, 15) is 14.4 Å². The number of amides is 1. The molecule has 0 heterocycles. The van der Waals surface area contributed by atoms with Gasteiger partial charge in [-0.2, -0.15) is 5.26 Å². The highest BCUT2D eigenvalue weighted by Gasteiger charge is 2.09.